The van der Waals surface area contributed by atoms with E-state index < -0.39 is 0 Å². The highest BCUT2D eigenvalue weighted by molar-refractivity contribution is 5.85. The van der Waals surface area contributed by atoms with Gasteiger partial charge >= 0.3 is 0 Å². The predicted octanol–water partition coefficient (Wildman–Crippen LogP) is 4.21. The van der Waals surface area contributed by atoms with Crippen molar-refractivity contribution in [2.75, 3.05) is 32.7 Å². The van der Waals surface area contributed by atoms with Gasteiger partial charge in [-0.15, -0.1) is 24.8 Å². The number of hydrazine groups is 1. The average Bonchev–Trinajstić information content (AvgIpc) is 2.76. The average molecular weight is 436 g/mol. The zero-order valence-corrected chi connectivity index (χ0v) is 18.4. The fourth-order valence-electron chi connectivity index (χ4n) is 4.54. The molecule has 1 unspecified atom stereocenters. The van der Waals surface area contributed by atoms with Crippen molar-refractivity contribution in [2.24, 2.45) is 0 Å². The van der Waals surface area contributed by atoms with Gasteiger partial charge < -0.3 is 4.79 Å². The van der Waals surface area contributed by atoms with E-state index in [0.29, 0.717) is 0 Å². The Balaban J connectivity index is 0.00000150. The van der Waals surface area contributed by atoms with Gasteiger partial charge in [-0.05, 0) is 24.0 Å². The van der Waals surface area contributed by atoms with Crippen LogP contribution >= 0.6 is 24.8 Å². The Morgan fingerprint density at radius 1 is 0.759 bits per heavy atom. The van der Waals surface area contributed by atoms with Crippen LogP contribution in [0.3, 0.4) is 0 Å². The Bertz CT molecular complexity index is 684. The summed E-state index contributed by atoms with van der Waals surface area (Å²) in [5.41, 5.74) is 2.70. The highest BCUT2D eigenvalue weighted by atomic mass is 35.5. The van der Waals surface area contributed by atoms with E-state index in [4.69, 9.17) is 0 Å². The van der Waals surface area contributed by atoms with Crippen LogP contribution in [0.1, 0.15) is 36.4 Å². The number of hydrogen-bond acceptors (Lipinski definition) is 4. The molecule has 0 N–H and O–H groups in total. The summed E-state index contributed by atoms with van der Waals surface area (Å²) >= 11 is 0. The molecule has 2 fully saturated rings. The lowest BCUT2D eigenvalue weighted by molar-refractivity contribution is -0.132. The Morgan fingerprint density at radius 3 is 1.83 bits per heavy atom. The van der Waals surface area contributed by atoms with E-state index >= 15 is 0 Å². The highest BCUT2D eigenvalue weighted by Crippen LogP contribution is 2.30. The van der Waals surface area contributed by atoms with Crippen molar-refractivity contribution in [3.63, 3.8) is 0 Å². The second-order valence-corrected chi connectivity index (χ2v) is 7.58. The van der Waals surface area contributed by atoms with Gasteiger partial charge in [0.05, 0.1) is 12.1 Å². The van der Waals surface area contributed by atoms with E-state index in [-0.39, 0.29) is 36.9 Å². The summed E-state index contributed by atoms with van der Waals surface area (Å²) < 4.78 is 0. The quantitative estimate of drug-likeness (QED) is 0.657. The number of piperidine rings is 1. The normalized spacial score (nSPS) is 21.2. The van der Waals surface area contributed by atoms with Crippen molar-refractivity contribution in [3.8, 4) is 0 Å². The van der Waals surface area contributed by atoms with Gasteiger partial charge in [0.15, 0.2) is 0 Å². The highest BCUT2D eigenvalue weighted by Gasteiger charge is 2.32. The Morgan fingerprint density at radius 2 is 1.31 bits per heavy atom. The topological polar surface area (TPSA) is 26.8 Å². The van der Waals surface area contributed by atoms with Gasteiger partial charge in [-0.2, -0.15) is 0 Å². The minimum Gasteiger partial charge on any atom is -0.302 e. The Labute approximate surface area is 186 Å². The van der Waals surface area contributed by atoms with Crippen LogP contribution in [-0.2, 0) is 4.79 Å². The lowest BCUT2D eigenvalue weighted by Gasteiger charge is -2.46. The molecule has 0 aliphatic carbocycles. The molecular weight excluding hydrogens is 405 g/mol. The number of benzene rings is 2. The first-order chi connectivity index (χ1) is 13.4. The minimum atomic E-state index is 0. The van der Waals surface area contributed by atoms with Gasteiger partial charge in [-0.3, -0.25) is 4.90 Å². The second-order valence-electron chi connectivity index (χ2n) is 7.58. The standard InChI is InChI=1S/C23H29N3O.2ClH/c27-19-22-13-7-8-14-26(22)25-17-15-24(16-18-25)23(20-9-3-1-4-10-20)21-11-5-2-6-12-21;;/h1-6,9-12,19,22-23H,7-8,13-18H2;2*1H. The van der Waals surface area contributed by atoms with Gasteiger partial charge in [0, 0.05) is 32.7 Å². The number of nitrogens with zero attached hydrogens (tertiary/aromatic N) is 3. The van der Waals surface area contributed by atoms with Gasteiger partial charge in [-0.25, -0.2) is 10.0 Å². The molecule has 1 atom stereocenters. The SMILES string of the molecule is Cl.Cl.O=CC1CCCCN1N1CCN(C(c2ccccc2)c2ccccc2)CC1. The smallest absolute Gasteiger partial charge is 0.138 e. The third-order valence-electron chi connectivity index (χ3n) is 5.93. The molecule has 0 radical (unpaired) electrons. The lowest BCUT2D eigenvalue weighted by Crippen LogP contribution is -2.58. The maximum Gasteiger partial charge on any atom is 0.138 e. The summed E-state index contributed by atoms with van der Waals surface area (Å²) in [6.07, 6.45) is 4.51. The van der Waals surface area contributed by atoms with Gasteiger partial charge in [0.1, 0.15) is 6.29 Å². The van der Waals surface area contributed by atoms with E-state index in [2.05, 4.69) is 75.6 Å². The number of carbonyl (C=O) groups excluding carboxylic acids is 1. The molecule has 158 valence electrons. The minimum absolute atomic E-state index is 0. The van der Waals surface area contributed by atoms with Gasteiger partial charge in [-0.1, -0.05) is 67.1 Å². The molecule has 2 aromatic rings. The third kappa shape index (κ3) is 5.59. The van der Waals surface area contributed by atoms with Crippen LogP contribution in [0.5, 0.6) is 0 Å². The maximum absolute atomic E-state index is 11.5. The number of aldehydes is 1. The Hall–Kier alpha value is -1.43. The summed E-state index contributed by atoms with van der Waals surface area (Å²) in [5, 5.41) is 4.75. The number of carbonyl (C=O) groups is 1. The molecule has 2 saturated heterocycles. The van der Waals surface area contributed by atoms with Crippen molar-refractivity contribution in [1.29, 1.82) is 0 Å². The van der Waals surface area contributed by atoms with Crippen molar-refractivity contribution in [1.82, 2.24) is 14.9 Å². The van der Waals surface area contributed by atoms with Crippen LogP contribution in [0, 0.1) is 0 Å². The van der Waals surface area contributed by atoms with Crippen LogP contribution in [0.4, 0.5) is 0 Å². The molecule has 2 aliphatic heterocycles. The van der Waals surface area contributed by atoms with E-state index in [1.807, 2.05) is 0 Å². The van der Waals surface area contributed by atoms with Crippen LogP contribution in [-0.4, -0.2) is 60.0 Å². The predicted molar refractivity (Wildman–Crippen MR) is 123 cm³/mol. The van der Waals surface area contributed by atoms with Gasteiger partial charge in [0.25, 0.3) is 0 Å². The van der Waals surface area contributed by atoms with Crippen molar-refractivity contribution >= 4 is 31.1 Å². The summed E-state index contributed by atoms with van der Waals surface area (Å²) in [6, 6.07) is 22.0. The van der Waals surface area contributed by atoms with Crippen LogP contribution in [0.15, 0.2) is 60.7 Å². The van der Waals surface area contributed by atoms with Crippen molar-refractivity contribution in [2.45, 2.75) is 31.3 Å². The Kier molecular flexibility index (Phi) is 9.60. The number of piperazine rings is 1. The molecule has 2 heterocycles. The zero-order valence-electron chi connectivity index (χ0n) is 16.7. The number of rotatable bonds is 5. The fraction of sp³-hybridized carbons (Fsp3) is 0.435. The summed E-state index contributed by atoms with van der Waals surface area (Å²) in [7, 11) is 0. The van der Waals surface area contributed by atoms with E-state index in [1.54, 1.807) is 0 Å². The fourth-order valence-corrected chi connectivity index (χ4v) is 4.54. The second kappa shape index (κ2) is 11.7. The van der Waals surface area contributed by atoms with Crippen LogP contribution in [0.25, 0.3) is 0 Å². The molecule has 0 aromatic heterocycles. The lowest BCUT2D eigenvalue weighted by atomic mass is 9.96. The molecule has 4 nitrogen and oxygen atoms in total. The molecule has 0 amide bonds. The van der Waals surface area contributed by atoms with E-state index in [0.717, 1.165) is 45.4 Å². The van der Waals surface area contributed by atoms with Crippen LogP contribution in [0.2, 0.25) is 0 Å². The molecule has 2 aromatic carbocycles. The summed E-state index contributed by atoms with van der Waals surface area (Å²) in [4.78, 5) is 14.1. The number of hydrogen-bond donors (Lipinski definition) is 0. The molecule has 0 bridgehead atoms. The first kappa shape index (κ1) is 23.8. The first-order valence-corrected chi connectivity index (χ1v) is 10.2. The van der Waals surface area contributed by atoms with E-state index in [9.17, 15) is 4.79 Å². The molecule has 29 heavy (non-hydrogen) atoms. The molecule has 0 spiro atoms. The third-order valence-corrected chi connectivity index (χ3v) is 5.93. The monoisotopic (exact) mass is 435 g/mol. The molecule has 4 rings (SSSR count). The van der Waals surface area contributed by atoms with Gasteiger partial charge in [0.2, 0.25) is 0 Å². The molecule has 0 saturated carbocycles. The van der Waals surface area contributed by atoms with E-state index in [1.165, 1.54) is 24.0 Å². The maximum atomic E-state index is 11.5. The van der Waals surface area contributed by atoms with Crippen molar-refractivity contribution < 1.29 is 4.79 Å². The zero-order chi connectivity index (χ0) is 18.5. The summed E-state index contributed by atoms with van der Waals surface area (Å²) in [5.74, 6) is 0. The number of halogens is 2. The first-order valence-electron chi connectivity index (χ1n) is 10.2. The molecular formula is C23H31Cl2N3O. The van der Waals surface area contributed by atoms with Crippen molar-refractivity contribution in [3.05, 3.63) is 71.8 Å². The molecule has 6 heteroatoms. The summed E-state index contributed by atoms with van der Waals surface area (Å²) in [6.45, 7) is 5.01. The van der Waals surface area contributed by atoms with Crippen LogP contribution < -0.4 is 0 Å². The largest absolute Gasteiger partial charge is 0.302 e. The molecule has 2 aliphatic rings.